The molecule has 2 aliphatic heterocycles. The number of carbonyl (C=O) groups is 1. The third kappa shape index (κ3) is 4.51. The number of para-hydroxylation sites is 1. The molecule has 0 radical (unpaired) electrons. The van der Waals surface area contributed by atoms with Crippen LogP contribution >= 0.6 is 0 Å². The van der Waals surface area contributed by atoms with Gasteiger partial charge in [-0.3, -0.25) is 0 Å². The average molecular weight is 434 g/mol. The van der Waals surface area contributed by atoms with Crippen LogP contribution in [-0.4, -0.2) is 49.8 Å². The first-order valence-electron chi connectivity index (χ1n) is 11.0. The Hall–Kier alpha value is -3.62. The number of fused-ring (bicyclic) bond motifs is 2. The predicted molar refractivity (Wildman–Crippen MR) is 120 cm³/mol. The van der Waals surface area contributed by atoms with Crippen LogP contribution in [-0.2, 0) is 30.7 Å². The maximum Gasteiger partial charge on any atom is 0.410 e. The van der Waals surface area contributed by atoms with Crippen molar-refractivity contribution in [2.75, 3.05) is 23.8 Å². The minimum absolute atomic E-state index is 0.0757. The molecule has 166 valence electrons. The summed E-state index contributed by atoms with van der Waals surface area (Å²) in [6.07, 6.45) is 7.71. The number of nitrogens with zero attached hydrogens (tertiary/aromatic N) is 5. The van der Waals surface area contributed by atoms with Crippen molar-refractivity contribution in [1.82, 2.24) is 24.4 Å². The number of hydrogen-bond donors (Lipinski definition) is 2. The highest BCUT2D eigenvalue weighted by Crippen LogP contribution is 2.26. The Balaban J connectivity index is 1.11. The Morgan fingerprint density at radius 3 is 3.03 bits per heavy atom. The van der Waals surface area contributed by atoms with E-state index >= 15 is 0 Å². The molecule has 9 nitrogen and oxygen atoms in total. The number of aromatic nitrogens is 4. The van der Waals surface area contributed by atoms with Gasteiger partial charge in [0, 0.05) is 49.6 Å². The van der Waals surface area contributed by atoms with E-state index in [1.54, 1.807) is 11.2 Å². The molecule has 0 aliphatic carbocycles. The lowest BCUT2D eigenvalue weighted by atomic mass is 10.1. The number of carbonyl (C=O) groups excluding carboxylic acids is 1. The molecule has 2 aliphatic rings. The van der Waals surface area contributed by atoms with Gasteiger partial charge in [0.2, 0.25) is 5.95 Å². The lowest BCUT2D eigenvalue weighted by Gasteiger charge is -2.27. The minimum atomic E-state index is -0.285. The fourth-order valence-electron chi connectivity index (χ4n) is 4.17. The molecule has 0 fully saturated rings. The van der Waals surface area contributed by atoms with E-state index in [0.717, 1.165) is 42.0 Å². The standard InChI is InChI=1S/C23H27N7O2/c1-16-13-29(15-25-16)8-4-10-32-23(31)30-9-7-20-18(14-30)12-24-22(27-20)28-21-11-17-5-2-3-6-19(17)26-21/h2-3,5-6,12-13,15,21,26H,4,7-11,14H2,1H3,(H,24,27,28). The lowest BCUT2D eigenvalue weighted by molar-refractivity contribution is 0.0954. The second-order valence-electron chi connectivity index (χ2n) is 8.26. The number of hydrogen-bond acceptors (Lipinski definition) is 7. The maximum absolute atomic E-state index is 12.5. The average Bonchev–Trinajstić information content (AvgIpc) is 3.41. The monoisotopic (exact) mass is 433 g/mol. The second-order valence-corrected chi connectivity index (χ2v) is 8.26. The zero-order valence-electron chi connectivity index (χ0n) is 18.1. The number of amides is 1. The van der Waals surface area contributed by atoms with Crippen LogP contribution in [0.4, 0.5) is 16.4 Å². The SMILES string of the molecule is Cc1cn(CCCOC(=O)N2CCc3nc(NC4Cc5ccccc5N4)ncc3C2)cn1. The van der Waals surface area contributed by atoms with Crippen LogP contribution in [0.15, 0.2) is 43.0 Å². The minimum Gasteiger partial charge on any atom is -0.449 e. The molecule has 1 aromatic carbocycles. The number of imidazole rings is 1. The topological polar surface area (TPSA) is 97.2 Å². The van der Waals surface area contributed by atoms with Gasteiger partial charge in [0.1, 0.15) is 6.17 Å². The van der Waals surface area contributed by atoms with E-state index in [1.165, 1.54) is 5.56 Å². The first-order chi connectivity index (χ1) is 15.6. The molecule has 1 unspecified atom stereocenters. The van der Waals surface area contributed by atoms with Crippen molar-refractivity contribution < 1.29 is 9.53 Å². The van der Waals surface area contributed by atoms with Crippen LogP contribution in [0.25, 0.3) is 0 Å². The summed E-state index contributed by atoms with van der Waals surface area (Å²) in [4.78, 5) is 27.5. The zero-order valence-corrected chi connectivity index (χ0v) is 18.1. The molecule has 2 aromatic heterocycles. The van der Waals surface area contributed by atoms with Crippen molar-refractivity contribution in [3.8, 4) is 0 Å². The fraction of sp³-hybridized carbons (Fsp3) is 0.391. The van der Waals surface area contributed by atoms with Gasteiger partial charge in [0.25, 0.3) is 0 Å². The normalized spacial score (nSPS) is 16.8. The van der Waals surface area contributed by atoms with E-state index in [4.69, 9.17) is 9.72 Å². The van der Waals surface area contributed by atoms with E-state index in [9.17, 15) is 4.79 Å². The molecule has 2 N–H and O–H groups in total. The van der Waals surface area contributed by atoms with Crippen molar-refractivity contribution in [3.05, 3.63) is 65.5 Å². The maximum atomic E-state index is 12.5. The summed E-state index contributed by atoms with van der Waals surface area (Å²) in [5, 5.41) is 6.83. The van der Waals surface area contributed by atoms with Gasteiger partial charge in [-0.15, -0.1) is 0 Å². The van der Waals surface area contributed by atoms with Gasteiger partial charge in [0.05, 0.1) is 30.9 Å². The highest BCUT2D eigenvalue weighted by atomic mass is 16.6. The van der Waals surface area contributed by atoms with Gasteiger partial charge < -0.3 is 24.8 Å². The van der Waals surface area contributed by atoms with Gasteiger partial charge in [0.15, 0.2) is 0 Å². The van der Waals surface area contributed by atoms with Crippen LogP contribution in [0.3, 0.4) is 0 Å². The predicted octanol–water partition coefficient (Wildman–Crippen LogP) is 2.97. The summed E-state index contributed by atoms with van der Waals surface area (Å²) >= 11 is 0. The Morgan fingerprint density at radius 2 is 2.19 bits per heavy atom. The summed E-state index contributed by atoms with van der Waals surface area (Å²) in [6.45, 7) is 4.19. The zero-order chi connectivity index (χ0) is 21.9. The molecule has 1 amide bonds. The van der Waals surface area contributed by atoms with Gasteiger partial charge >= 0.3 is 6.09 Å². The summed E-state index contributed by atoms with van der Waals surface area (Å²) in [6, 6.07) is 8.29. The molecular formula is C23H27N7O2. The second kappa shape index (κ2) is 8.86. The molecule has 1 atom stereocenters. The molecule has 32 heavy (non-hydrogen) atoms. The summed E-state index contributed by atoms with van der Waals surface area (Å²) in [5.74, 6) is 0.611. The Morgan fingerprint density at radius 1 is 1.28 bits per heavy atom. The van der Waals surface area contributed by atoms with E-state index in [-0.39, 0.29) is 12.3 Å². The number of ether oxygens (including phenoxy) is 1. The van der Waals surface area contributed by atoms with Crippen LogP contribution in [0.2, 0.25) is 0 Å². The van der Waals surface area contributed by atoms with Crippen LogP contribution in [0, 0.1) is 6.92 Å². The van der Waals surface area contributed by atoms with E-state index in [1.807, 2.05) is 30.0 Å². The Labute approximate surface area is 186 Å². The summed E-state index contributed by atoms with van der Waals surface area (Å²) in [5.41, 5.74) is 5.38. The van der Waals surface area contributed by atoms with Crippen molar-refractivity contribution in [1.29, 1.82) is 0 Å². The molecule has 0 bridgehead atoms. The number of aryl methyl sites for hydroxylation is 2. The lowest BCUT2D eigenvalue weighted by Crippen LogP contribution is -2.37. The van der Waals surface area contributed by atoms with E-state index in [0.29, 0.717) is 32.1 Å². The van der Waals surface area contributed by atoms with E-state index in [2.05, 4.69) is 38.8 Å². The van der Waals surface area contributed by atoms with Gasteiger partial charge in [-0.2, -0.15) is 0 Å². The van der Waals surface area contributed by atoms with Crippen molar-refractivity contribution >= 4 is 17.7 Å². The number of benzene rings is 1. The molecule has 3 aromatic rings. The fourth-order valence-corrected chi connectivity index (χ4v) is 4.17. The highest BCUT2D eigenvalue weighted by Gasteiger charge is 2.25. The smallest absolute Gasteiger partial charge is 0.410 e. The third-order valence-electron chi connectivity index (χ3n) is 5.82. The van der Waals surface area contributed by atoms with Gasteiger partial charge in [-0.1, -0.05) is 18.2 Å². The van der Waals surface area contributed by atoms with E-state index < -0.39 is 0 Å². The quantitative estimate of drug-likeness (QED) is 0.577. The van der Waals surface area contributed by atoms with Crippen LogP contribution in [0.5, 0.6) is 0 Å². The summed E-state index contributed by atoms with van der Waals surface area (Å²) in [7, 11) is 0. The number of nitrogens with one attached hydrogen (secondary N) is 2. The molecule has 5 rings (SSSR count). The number of anilines is 2. The highest BCUT2D eigenvalue weighted by molar-refractivity contribution is 5.68. The summed E-state index contributed by atoms with van der Waals surface area (Å²) < 4.78 is 7.46. The molecule has 0 saturated heterocycles. The molecule has 0 spiro atoms. The molecule has 4 heterocycles. The first-order valence-corrected chi connectivity index (χ1v) is 11.0. The van der Waals surface area contributed by atoms with Gasteiger partial charge in [-0.05, 0) is 25.0 Å². The van der Waals surface area contributed by atoms with Crippen LogP contribution < -0.4 is 10.6 Å². The van der Waals surface area contributed by atoms with Crippen LogP contribution in [0.1, 0.15) is 28.9 Å². The Bertz CT molecular complexity index is 1090. The van der Waals surface area contributed by atoms with Gasteiger partial charge in [-0.25, -0.2) is 19.7 Å². The third-order valence-corrected chi connectivity index (χ3v) is 5.82. The van der Waals surface area contributed by atoms with Crippen molar-refractivity contribution in [2.24, 2.45) is 0 Å². The molecular weight excluding hydrogens is 406 g/mol. The first kappa shape index (κ1) is 20.3. The molecule has 0 saturated carbocycles. The molecule has 9 heteroatoms. The van der Waals surface area contributed by atoms with Crippen molar-refractivity contribution in [2.45, 2.75) is 45.4 Å². The Kier molecular flexibility index (Phi) is 5.62. The number of rotatable bonds is 6. The van der Waals surface area contributed by atoms with Crippen molar-refractivity contribution in [3.63, 3.8) is 0 Å². The largest absolute Gasteiger partial charge is 0.449 e.